The third-order valence-electron chi connectivity index (χ3n) is 2.71. The number of carboxylic acids is 1. The van der Waals surface area contributed by atoms with Crippen molar-refractivity contribution in [1.82, 2.24) is 20.3 Å². The largest absolute Gasteiger partial charge is 0.480 e. The molecule has 0 radical (unpaired) electrons. The molecule has 2 atom stereocenters. The van der Waals surface area contributed by atoms with Crippen LogP contribution in [0, 0.1) is 0 Å². The highest BCUT2D eigenvalue weighted by molar-refractivity contribution is 7.99. The number of aliphatic carboxylic acids is 1. The molecule has 0 saturated carbocycles. The number of aromatic nitrogens is 3. The minimum Gasteiger partial charge on any atom is -0.480 e. The second-order valence-electron chi connectivity index (χ2n) is 4.08. The zero-order valence-corrected chi connectivity index (χ0v) is 10.6. The highest BCUT2D eigenvalue weighted by Crippen LogP contribution is 2.30. The Morgan fingerprint density at radius 1 is 1.67 bits per heavy atom. The summed E-state index contributed by atoms with van der Waals surface area (Å²) in [5.41, 5.74) is 0.740. The van der Waals surface area contributed by atoms with Crippen LogP contribution in [-0.2, 0) is 11.3 Å². The van der Waals surface area contributed by atoms with Gasteiger partial charge in [-0.1, -0.05) is 5.21 Å². The summed E-state index contributed by atoms with van der Waals surface area (Å²) in [5.74, 6) is -0.0361. The molecule has 1 aliphatic rings. The Morgan fingerprint density at radius 2 is 2.50 bits per heavy atom. The van der Waals surface area contributed by atoms with E-state index in [4.69, 9.17) is 10.2 Å². The zero-order valence-electron chi connectivity index (χ0n) is 9.82. The second kappa shape index (κ2) is 6.17. The van der Waals surface area contributed by atoms with Gasteiger partial charge in [0.15, 0.2) is 0 Å². The lowest BCUT2D eigenvalue weighted by molar-refractivity contribution is -0.139. The number of nitrogens with zero attached hydrogens (tertiary/aromatic N) is 3. The van der Waals surface area contributed by atoms with Crippen LogP contribution in [0.5, 0.6) is 0 Å². The van der Waals surface area contributed by atoms with Crippen molar-refractivity contribution in [1.29, 1.82) is 0 Å². The van der Waals surface area contributed by atoms with Crippen molar-refractivity contribution in [2.24, 2.45) is 0 Å². The number of aliphatic hydroxyl groups is 1. The number of rotatable bonds is 5. The van der Waals surface area contributed by atoms with E-state index in [0.29, 0.717) is 19.4 Å². The summed E-state index contributed by atoms with van der Waals surface area (Å²) in [6.45, 7) is 0.732. The first-order valence-corrected chi connectivity index (χ1v) is 6.87. The van der Waals surface area contributed by atoms with E-state index in [9.17, 15) is 4.79 Å². The van der Waals surface area contributed by atoms with Gasteiger partial charge in [0.25, 0.3) is 0 Å². The Balaban J connectivity index is 1.97. The van der Waals surface area contributed by atoms with Gasteiger partial charge < -0.3 is 10.2 Å². The second-order valence-corrected chi connectivity index (χ2v) is 5.29. The van der Waals surface area contributed by atoms with Gasteiger partial charge in [-0.3, -0.25) is 14.8 Å². The maximum atomic E-state index is 10.9. The van der Waals surface area contributed by atoms with Crippen LogP contribution in [0.15, 0.2) is 6.20 Å². The minimum atomic E-state index is -0.826. The molecule has 1 aromatic heterocycles. The molecule has 18 heavy (non-hydrogen) atoms. The Labute approximate surface area is 109 Å². The van der Waals surface area contributed by atoms with Crippen LogP contribution in [0.1, 0.15) is 23.9 Å². The molecule has 8 heteroatoms. The quantitative estimate of drug-likeness (QED) is 0.684. The van der Waals surface area contributed by atoms with Crippen molar-refractivity contribution in [3.05, 3.63) is 11.9 Å². The number of nitrogens with one attached hydrogen (secondary N) is 1. The first kappa shape index (κ1) is 13.3. The standard InChI is InChI=1S/C10H16N4O3S/c15-4-1-3-14-6-8(12-13-14)9-11-7(10(16)17)2-5-18-9/h6-7,9,11,15H,1-5H2,(H,16,17). The van der Waals surface area contributed by atoms with Crippen LogP contribution in [0.25, 0.3) is 0 Å². The lowest BCUT2D eigenvalue weighted by Gasteiger charge is -2.26. The molecule has 0 bridgehead atoms. The molecule has 0 aromatic carbocycles. The average Bonchev–Trinajstić information content (AvgIpc) is 2.85. The molecule has 1 saturated heterocycles. The van der Waals surface area contributed by atoms with Crippen molar-refractivity contribution in [3.8, 4) is 0 Å². The normalized spacial score (nSPS) is 24.1. The van der Waals surface area contributed by atoms with Crippen LogP contribution in [0.4, 0.5) is 0 Å². The third-order valence-corrected chi connectivity index (χ3v) is 3.89. The van der Waals surface area contributed by atoms with Crippen molar-refractivity contribution in [2.45, 2.75) is 30.8 Å². The summed E-state index contributed by atoms with van der Waals surface area (Å²) in [6, 6.07) is -0.515. The molecule has 0 amide bonds. The Morgan fingerprint density at radius 3 is 3.22 bits per heavy atom. The Bertz CT molecular complexity index is 412. The topological polar surface area (TPSA) is 100 Å². The van der Waals surface area contributed by atoms with Gasteiger partial charge in [-0.25, -0.2) is 0 Å². The Hall–Kier alpha value is -1.12. The van der Waals surface area contributed by atoms with E-state index in [1.165, 1.54) is 0 Å². The fraction of sp³-hybridized carbons (Fsp3) is 0.700. The predicted molar refractivity (Wildman–Crippen MR) is 66.1 cm³/mol. The first-order valence-electron chi connectivity index (χ1n) is 5.82. The average molecular weight is 272 g/mol. The predicted octanol–water partition coefficient (Wildman–Crippen LogP) is -0.161. The zero-order chi connectivity index (χ0) is 13.0. The summed E-state index contributed by atoms with van der Waals surface area (Å²) < 4.78 is 1.66. The van der Waals surface area contributed by atoms with Gasteiger partial charge >= 0.3 is 5.97 Å². The van der Waals surface area contributed by atoms with E-state index < -0.39 is 12.0 Å². The number of aryl methyl sites for hydroxylation is 1. The lowest BCUT2D eigenvalue weighted by atomic mass is 10.2. The van der Waals surface area contributed by atoms with E-state index in [-0.39, 0.29) is 12.0 Å². The van der Waals surface area contributed by atoms with E-state index in [2.05, 4.69) is 15.6 Å². The number of hydrogen-bond acceptors (Lipinski definition) is 6. The summed E-state index contributed by atoms with van der Waals surface area (Å²) in [6.07, 6.45) is 3.05. The van der Waals surface area contributed by atoms with Gasteiger partial charge in [-0.05, 0) is 18.6 Å². The van der Waals surface area contributed by atoms with E-state index in [0.717, 1.165) is 11.4 Å². The molecule has 3 N–H and O–H groups in total. The molecular formula is C10H16N4O3S. The van der Waals surface area contributed by atoms with Crippen LogP contribution >= 0.6 is 11.8 Å². The smallest absolute Gasteiger partial charge is 0.320 e. The monoisotopic (exact) mass is 272 g/mol. The van der Waals surface area contributed by atoms with Gasteiger partial charge in [0.05, 0.1) is 6.20 Å². The summed E-state index contributed by atoms with van der Waals surface area (Å²) in [7, 11) is 0. The number of thioether (sulfide) groups is 1. The van der Waals surface area contributed by atoms with Crippen LogP contribution in [0.2, 0.25) is 0 Å². The summed E-state index contributed by atoms with van der Waals surface area (Å²) in [5, 5.41) is 28.6. The van der Waals surface area contributed by atoms with Gasteiger partial charge in [0.1, 0.15) is 17.1 Å². The molecule has 1 fully saturated rings. The first-order chi connectivity index (χ1) is 8.70. The minimum absolute atomic E-state index is 0.118. The highest BCUT2D eigenvalue weighted by Gasteiger charge is 2.28. The van der Waals surface area contributed by atoms with Gasteiger partial charge in [0.2, 0.25) is 0 Å². The van der Waals surface area contributed by atoms with Gasteiger partial charge in [0, 0.05) is 13.2 Å². The molecule has 100 valence electrons. The molecule has 7 nitrogen and oxygen atoms in total. The van der Waals surface area contributed by atoms with E-state index in [1.54, 1.807) is 22.6 Å². The lowest BCUT2D eigenvalue weighted by Crippen LogP contribution is -2.41. The van der Waals surface area contributed by atoms with Crippen LogP contribution in [-0.4, -0.2) is 49.6 Å². The van der Waals surface area contributed by atoms with Crippen molar-refractivity contribution in [3.63, 3.8) is 0 Å². The van der Waals surface area contributed by atoms with Gasteiger partial charge in [-0.2, -0.15) is 0 Å². The fourth-order valence-corrected chi connectivity index (χ4v) is 2.91. The molecule has 1 aliphatic heterocycles. The molecule has 0 spiro atoms. The number of carboxylic acid groups (broad SMARTS) is 1. The van der Waals surface area contributed by atoms with E-state index in [1.807, 2.05) is 0 Å². The number of carbonyl (C=O) groups is 1. The Kier molecular flexibility index (Phi) is 4.56. The van der Waals surface area contributed by atoms with Crippen molar-refractivity contribution in [2.75, 3.05) is 12.4 Å². The third kappa shape index (κ3) is 3.21. The molecule has 0 aliphatic carbocycles. The molecule has 2 unspecified atom stereocenters. The number of hydrogen-bond donors (Lipinski definition) is 3. The summed E-state index contributed by atoms with van der Waals surface area (Å²) in [4.78, 5) is 10.9. The fourth-order valence-electron chi connectivity index (χ4n) is 1.76. The summed E-state index contributed by atoms with van der Waals surface area (Å²) >= 11 is 1.63. The molecule has 2 rings (SSSR count). The highest BCUT2D eigenvalue weighted by atomic mass is 32.2. The maximum Gasteiger partial charge on any atom is 0.320 e. The molecule has 1 aromatic rings. The van der Waals surface area contributed by atoms with E-state index >= 15 is 0 Å². The SMILES string of the molecule is O=C(O)C1CCSC(c2cn(CCCO)nn2)N1. The maximum absolute atomic E-state index is 10.9. The molecule has 2 heterocycles. The number of aliphatic hydroxyl groups excluding tert-OH is 1. The van der Waals surface area contributed by atoms with Crippen LogP contribution < -0.4 is 5.32 Å². The van der Waals surface area contributed by atoms with Crippen molar-refractivity contribution < 1.29 is 15.0 Å². The van der Waals surface area contributed by atoms with Crippen molar-refractivity contribution >= 4 is 17.7 Å². The van der Waals surface area contributed by atoms with Crippen LogP contribution in [0.3, 0.4) is 0 Å². The molecular weight excluding hydrogens is 256 g/mol. The van der Waals surface area contributed by atoms with Gasteiger partial charge in [-0.15, -0.1) is 16.9 Å².